The topological polar surface area (TPSA) is 101 Å². The van der Waals surface area contributed by atoms with Crippen molar-refractivity contribution in [2.24, 2.45) is 0 Å². The van der Waals surface area contributed by atoms with Crippen molar-refractivity contribution < 1.29 is 19.1 Å². The molecule has 0 aliphatic carbocycles. The van der Waals surface area contributed by atoms with E-state index in [1.165, 1.54) is 30.3 Å². The number of nitrogens with zero attached hydrogens (tertiary/aromatic N) is 2. The smallest absolute Gasteiger partial charge is 0.358 e. The first-order valence-electron chi connectivity index (χ1n) is 7.84. The van der Waals surface area contributed by atoms with Gasteiger partial charge in [0.25, 0.3) is 5.91 Å². The molecule has 0 spiro atoms. The Hall–Kier alpha value is -2.94. The van der Waals surface area contributed by atoms with Gasteiger partial charge in [-0.3, -0.25) is 9.59 Å². The summed E-state index contributed by atoms with van der Waals surface area (Å²) < 4.78 is 4.96. The van der Waals surface area contributed by atoms with Crippen LogP contribution in [0.5, 0.6) is 0 Å². The standard InChI is InChI=1S/C17H20N4O4S/c1-18-14(22)9-21(2)15(23)10-25-16(24)13-11-26-17(20-13)19-8-12-6-4-3-5-7-12/h3-7,11H,8-10H2,1-2H3,(H,18,22)(H,19,20). The Kier molecular flexibility index (Phi) is 7.10. The number of ether oxygens (including phenoxy) is 1. The number of esters is 1. The first kappa shape index (κ1) is 19.4. The zero-order chi connectivity index (χ0) is 18.9. The van der Waals surface area contributed by atoms with E-state index in [0.29, 0.717) is 11.7 Å². The quantitative estimate of drug-likeness (QED) is 0.670. The number of benzene rings is 1. The number of likely N-dealkylation sites (N-methyl/N-ethyl adjacent to an activating group) is 2. The van der Waals surface area contributed by atoms with Crippen molar-refractivity contribution in [3.05, 3.63) is 47.0 Å². The average Bonchev–Trinajstić information content (AvgIpc) is 3.14. The molecule has 2 amide bonds. The Bertz CT molecular complexity index is 763. The predicted octanol–water partition coefficient (Wildman–Crippen LogP) is 1.12. The van der Waals surface area contributed by atoms with Gasteiger partial charge in [-0.2, -0.15) is 0 Å². The van der Waals surface area contributed by atoms with E-state index >= 15 is 0 Å². The summed E-state index contributed by atoms with van der Waals surface area (Å²) >= 11 is 1.28. The first-order chi connectivity index (χ1) is 12.5. The molecule has 8 nitrogen and oxygen atoms in total. The van der Waals surface area contributed by atoms with Crippen LogP contribution in [0.3, 0.4) is 0 Å². The number of carbonyl (C=O) groups excluding carboxylic acids is 3. The Morgan fingerprint density at radius 2 is 1.96 bits per heavy atom. The van der Waals surface area contributed by atoms with E-state index < -0.39 is 18.5 Å². The molecule has 1 aromatic heterocycles. The number of amides is 2. The van der Waals surface area contributed by atoms with Gasteiger partial charge in [0.05, 0.1) is 6.54 Å². The maximum Gasteiger partial charge on any atom is 0.358 e. The van der Waals surface area contributed by atoms with Gasteiger partial charge in [0, 0.05) is 26.0 Å². The van der Waals surface area contributed by atoms with Crippen LogP contribution in [0.2, 0.25) is 0 Å². The minimum atomic E-state index is -0.685. The number of nitrogens with one attached hydrogen (secondary N) is 2. The molecule has 0 saturated heterocycles. The minimum Gasteiger partial charge on any atom is -0.451 e. The molecule has 0 aliphatic rings. The second-order valence-corrected chi connectivity index (χ2v) is 6.23. The number of aromatic nitrogens is 1. The van der Waals surface area contributed by atoms with Gasteiger partial charge in [0.2, 0.25) is 5.91 Å². The first-order valence-corrected chi connectivity index (χ1v) is 8.72. The summed E-state index contributed by atoms with van der Waals surface area (Å²) in [4.78, 5) is 40.4. The molecule has 0 aliphatic heterocycles. The summed E-state index contributed by atoms with van der Waals surface area (Å²) in [6, 6.07) is 9.79. The predicted molar refractivity (Wildman–Crippen MR) is 97.9 cm³/mol. The molecule has 0 atom stereocenters. The number of carbonyl (C=O) groups is 3. The van der Waals surface area contributed by atoms with Crippen molar-refractivity contribution in [3.63, 3.8) is 0 Å². The van der Waals surface area contributed by atoms with Gasteiger partial charge in [0.1, 0.15) is 0 Å². The van der Waals surface area contributed by atoms with Crippen LogP contribution in [0.4, 0.5) is 5.13 Å². The van der Waals surface area contributed by atoms with E-state index in [1.807, 2.05) is 30.3 Å². The monoisotopic (exact) mass is 376 g/mol. The number of rotatable bonds is 8. The van der Waals surface area contributed by atoms with E-state index in [0.717, 1.165) is 5.56 Å². The molecule has 2 aromatic rings. The Morgan fingerprint density at radius 3 is 2.65 bits per heavy atom. The van der Waals surface area contributed by atoms with Gasteiger partial charge < -0.3 is 20.3 Å². The van der Waals surface area contributed by atoms with Crippen LogP contribution in [0.1, 0.15) is 16.1 Å². The van der Waals surface area contributed by atoms with Crippen LogP contribution in [0.25, 0.3) is 0 Å². The summed E-state index contributed by atoms with van der Waals surface area (Å²) in [5.41, 5.74) is 1.23. The van der Waals surface area contributed by atoms with Crippen LogP contribution < -0.4 is 10.6 Å². The van der Waals surface area contributed by atoms with E-state index in [4.69, 9.17) is 4.74 Å². The van der Waals surface area contributed by atoms with Crippen molar-refractivity contribution in [2.45, 2.75) is 6.54 Å². The zero-order valence-electron chi connectivity index (χ0n) is 14.5. The van der Waals surface area contributed by atoms with Crippen LogP contribution >= 0.6 is 11.3 Å². The van der Waals surface area contributed by atoms with Crippen molar-refractivity contribution in [1.82, 2.24) is 15.2 Å². The molecule has 2 N–H and O–H groups in total. The van der Waals surface area contributed by atoms with Crippen molar-refractivity contribution >= 4 is 34.3 Å². The molecule has 138 valence electrons. The molecule has 0 bridgehead atoms. The van der Waals surface area contributed by atoms with Gasteiger partial charge in [0.15, 0.2) is 17.4 Å². The van der Waals surface area contributed by atoms with E-state index in [9.17, 15) is 14.4 Å². The lowest BCUT2D eigenvalue weighted by molar-refractivity contribution is -0.137. The lowest BCUT2D eigenvalue weighted by Crippen LogP contribution is -2.39. The highest BCUT2D eigenvalue weighted by Gasteiger charge is 2.17. The van der Waals surface area contributed by atoms with E-state index in [-0.39, 0.29) is 18.1 Å². The lowest BCUT2D eigenvalue weighted by atomic mass is 10.2. The fraction of sp³-hybridized carbons (Fsp3) is 0.294. The fourth-order valence-electron chi connectivity index (χ4n) is 1.92. The zero-order valence-corrected chi connectivity index (χ0v) is 15.3. The van der Waals surface area contributed by atoms with Gasteiger partial charge >= 0.3 is 5.97 Å². The number of anilines is 1. The van der Waals surface area contributed by atoms with Crippen molar-refractivity contribution in [3.8, 4) is 0 Å². The van der Waals surface area contributed by atoms with Crippen molar-refractivity contribution in [1.29, 1.82) is 0 Å². The molecule has 26 heavy (non-hydrogen) atoms. The lowest BCUT2D eigenvalue weighted by Gasteiger charge is -2.15. The summed E-state index contributed by atoms with van der Waals surface area (Å²) in [6.45, 7) is 0.0411. The summed E-state index contributed by atoms with van der Waals surface area (Å²) in [5, 5.41) is 7.69. The number of hydrogen-bond donors (Lipinski definition) is 2. The number of thiazole rings is 1. The molecule has 0 fully saturated rings. The molecule has 0 saturated carbocycles. The molecule has 1 aromatic carbocycles. The average molecular weight is 376 g/mol. The SMILES string of the molecule is CNC(=O)CN(C)C(=O)COC(=O)c1csc(NCc2ccccc2)n1. The van der Waals surface area contributed by atoms with Crippen LogP contribution in [-0.4, -0.2) is 54.9 Å². The van der Waals surface area contributed by atoms with Gasteiger partial charge in [-0.25, -0.2) is 9.78 Å². The molecular weight excluding hydrogens is 356 g/mol. The van der Waals surface area contributed by atoms with Crippen molar-refractivity contribution in [2.75, 3.05) is 32.6 Å². The third-order valence-electron chi connectivity index (χ3n) is 3.41. The highest BCUT2D eigenvalue weighted by molar-refractivity contribution is 7.13. The van der Waals surface area contributed by atoms with E-state index in [1.54, 1.807) is 5.38 Å². The second kappa shape index (κ2) is 9.52. The Labute approximate surface area is 155 Å². The highest BCUT2D eigenvalue weighted by Crippen LogP contribution is 2.17. The molecule has 0 radical (unpaired) electrons. The Balaban J connectivity index is 1.80. The normalized spacial score (nSPS) is 10.1. The minimum absolute atomic E-state index is 0.100. The maximum absolute atomic E-state index is 12.0. The summed E-state index contributed by atoms with van der Waals surface area (Å²) in [7, 11) is 2.94. The van der Waals surface area contributed by atoms with Gasteiger partial charge in [-0.15, -0.1) is 11.3 Å². The largest absolute Gasteiger partial charge is 0.451 e. The second-order valence-electron chi connectivity index (χ2n) is 5.38. The maximum atomic E-state index is 12.0. The fourth-order valence-corrected chi connectivity index (χ4v) is 2.60. The third kappa shape index (κ3) is 5.85. The third-order valence-corrected chi connectivity index (χ3v) is 4.21. The van der Waals surface area contributed by atoms with Gasteiger partial charge in [-0.05, 0) is 5.56 Å². The molecular formula is C17H20N4O4S. The molecule has 1 heterocycles. The Morgan fingerprint density at radius 1 is 1.23 bits per heavy atom. The molecule has 0 unspecified atom stereocenters. The summed E-state index contributed by atoms with van der Waals surface area (Å²) in [5.74, 6) is -1.46. The van der Waals surface area contributed by atoms with Crippen LogP contribution in [-0.2, 0) is 20.9 Å². The molecule has 2 rings (SSSR count). The number of hydrogen-bond acceptors (Lipinski definition) is 7. The summed E-state index contributed by atoms with van der Waals surface area (Å²) in [6.07, 6.45) is 0. The molecule has 9 heteroatoms. The van der Waals surface area contributed by atoms with E-state index in [2.05, 4.69) is 15.6 Å². The van der Waals surface area contributed by atoms with Crippen LogP contribution in [0, 0.1) is 0 Å². The van der Waals surface area contributed by atoms with Gasteiger partial charge in [-0.1, -0.05) is 30.3 Å². The highest BCUT2D eigenvalue weighted by atomic mass is 32.1. The van der Waals surface area contributed by atoms with Crippen LogP contribution in [0.15, 0.2) is 35.7 Å².